The van der Waals surface area contributed by atoms with Gasteiger partial charge >= 0.3 is 0 Å². The van der Waals surface area contributed by atoms with E-state index in [0.717, 1.165) is 22.6 Å². The molecule has 3 heterocycles. The number of fused-ring (bicyclic) bond motifs is 1. The Bertz CT molecular complexity index is 1070. The van der Waals surface area contributed by atoms with Crippen LogP contribution >= 0.6 is 0 Å². The number of hydrogen-bond acceptors (Lipinski definition) is 5. The van der Waals surface area contributed by atoms with Crippen LogP contribution in [0.1, 0.15) is 30.3 Å². The topological polar surface area (TPSA) is 77.3 Å². The fourth-order valence-electron chi connectivity index (χ4n) is 3.79. The molecule has 2 aromatic heterocycles. The first-order chi connectivity index (χ1) is 13.5. The Balaban J connectivity index is 1.57. The lowest BCUT2D eigenvalue weighted by Crippen LogP contribution is -2.39. The highest BCUT2D eigenvalue weighted by atomic mass is 32.2. The van der Waals surface area contributed by atoms with E-state index >= 15 is 0 Å². The van der Waals surface area contributed by atoms with Gasteiger partial charge in [0.25, 0.3) is 0 Å². The third kappa shape index (κ3) is 3.43. The normalized spacial score (nSPS) is 16.6. The first-order valence-electron chi connectivity index (χ1n) is 9.38. The van der Waals surface area contributed by atoms with E-state index in [-0.39, 0.29) is 6.04 Å². The second kappa shape index (κ2) is 7.62. The lowest BCUT2D eigenvalue weighted by molar-refractivity contribution is 0.168. The molecule has 8 heteroatoms. The Kier molecular flexibility index (Phi) is 5.18. The van der Waals surface area contributed by atoms with E-state index in [1.807, 2.05) is 31.2 Å². The minimum Gasteiger partial charge on any atom is -0.377 e. The number of imidazole rings is 1. The molecule has 7 nitrogen and oxygen atoms in total. The molecule has 0 bridgehead atoms. The maximum Gasteiger partial charge on any atom is 0.243 e. The van der Waals surface area contributed by atoms with Crippen molar-refractivity contribution in [2.45, 2.75) is 37.3 Å². The van der Waals surface area contributed by atoms with Crippen molar-refractivity contribution in [1.29, 1.82) is 0 Å². The monoisotopic (exact) mass is 400 g/mol. The average Bonchev–Trinajstić information content (AvgIpc) is 3.07. The summed E-state index contributed by atoms with van der Waals surface area (Å²) in [5, 5.41) is 0. The maximum absolute atomic E-state index is 12.9. The zero-order valence-electron chi connectivity index (χ0n) is 16.1. The molecule has 0 atom stereocenters. The van der Waals surface area contributed by atoms with Crippen LogP contribution in [0.4, 0.5) is 0 Å². The molecule has 4 rings (SSSR count). The summed E-state index contributed by atoms with van der Waals surface area (Å²) in [6, 6.07) is 11.0. The Hall–Kier alpha value is -2.29. The zero-order valence-corrected chi connectivity index (χ0v) is 16.9. The molecule has 0 amide bonds. The van der Waals surface area contributed by atoms with Gasteiger partial charge in [-0.05, 0) is 44.0 Å². The summed E-state index contributed by atoms with van der Waals surface area (Å²) in [4.78, 5) is 9.49. The van der Waals surface area contributed by atoms with Crippen LogP contribution in [0.5, 0.6) is 0 Å². The van der Waals surface area contributed by atoms with Crippen LogP contribution in [0.15, 0.2) is 47.5 Å². The van der Waals surface area contributed by atoms with Gasteiger partial charge < -0.3 is 9.30 Å². The average molecular weight is 401 g/mol. The molecule has 0 N–H and O–H groups in total. The van der Waals surface area contributed by atoms with Crippen LogP contribution < -0.4 is 0 Å². The Morgan fingerprint density at radius 3 is 2.54 bits per heavy atom. The van der Waals surface area contributed by atoms with Crippen molar-refractivity contribution >= 4 is 21.2 Å². The summed E-state index contributed by atoms with van der Waals surface area (Å²) in [6.45, 7) is 3.29. The van der Waals surface area contributed by atoms with E-state index in [0.29, 0.717) is 37.4 Å². The molecule has 0 radical (unpaired) electrons. The molecule has 1 fully saturated rings. The van der Waals surface area contributed by atoms with Crippen molar-refractivity contribution in [3.8, 4) is 0 Å². The molecule has 0 unspecified atom stereocenters. The van der Waals surface area contributed by atoms with Crippen LogP contribution in [0.3, 0.4) is 0 Å². The van der Waals surface area contributed by atoms with Crippen LogP contribution in [-0.2, 0) is 21.4 Å². The van der Waals surface area contributed by atoms with Gasteiger partial charge in [-0.3, -0.25) is 0 Å². The number of piperidine rings is 1. The lowest BCUT2D eigenvalue weighted by Gasteiger charge is -2.32. The molecule has 1 aliphatic rings. The predicted molar refractivity (Wildman–Crippen MR) is 106 cm³/mol. The molecule has 1 saturated heterocycles. The number of methoxy groups -OCH3 is 1. The maximum atomic E-state index is 12.9. The van der Waals surface area contributed by atoms with E-state index in [2.05, 4.69) is 14.5 Å². The quantitative estimate of drug-likeness (QED) is 0.658. The van der Waals surface area contributed by atoms with Gasteiger partial charge in [0.1, 0.15) is 17.9 Å². The molecular weight excluding hydrogens is 376 g/mol. The highest BCUT2D eigenvalue weighted by Crippen LogP contribution is 2.30. The van der Waals surface area contributed by atoms with Gasteiger partial charge in [-0.15, -0.1) is 0 Å². The molecular formula is C20H24N4O3S. The van der Waals surface area contributed by atoms with Crippen LogP contribution in [0.2, 0.25) is 0 Å². The number of pyridine rings is 1. The van der Waals surface area contributed by atoms with Crippen molar-refractivity contribution in [2.24, 2.45) is 0 Å². The number of ether oxygens (including phenoxy) is 1. The zero-order chi connectivity index (χ0) is 19.7. The van der Waals surface area contributed by atoms with Gasteiger partial charge in [0.2, 0.25) is 10.0 Å². The molecule has 1 aliphatic heterocycles. The number of aryl methyl sites for hydroxylation is 1. The summed E-state index contributed by atoms with van der Waals surface area (Å²) in [5.41, 5.74) is 2.71. The fourth-order valence-corrected chi connectivity index (χ4v) is 5.26. The molecule has 0 aliphatic carbocycles. The van der Waals surface area contributed by atoms with Crippen molar-refractivity contribution in [2.75, 3.05) is 20.2 Å². The van der Waals surface area contributed by atoms with Gasteiger partial charge in [0.05, 0.1) is 4.90 Å². The van der Waals surface area contributed by atoms with Gasteiger partial charge in [0, 0.05) is 32.4 Å². The second-order valence-corrected chi connectivity index (χ2v) is 9.06. The largest absolute Gasteiger partial charge is 0.377 e. The summed E-state index contributed by atoms with van der Waals surface area (Å²) >= 11 is 0. The van der Waals surface area contributed by atoms with Crippen molar-refractivity contribution in [3.63, 3.8) is 0 Å². The summed E-state index contributed by atoms with van der Waals surface area (Å²) in [6.07, 6.45) is 3.18. The highest BCUT2D eigenvalue weighted by Gasteiger charge is 2.31. The van der Waals surface area contributed by atoms with Crippen LogP contribution in [0.25, 0.3) is 11.2 Å². The number of benzene rings is 1. The Morgan fingerprint density at radius 2 is 1.86 bits per heavy atom. The first kappa shape index (κ1) is 19.0. The van der Waals surface area contributed by atoms with E-state index < -0.39 is 10.0 Å². The van der Waals surface area contributed by atoms with Crippen LogP contribution in [0, 0.1) is 6.92 Å². The standard InChI is InChI=1S/C20H24N4O3S/c1-15-5-7-17(8-6-15)28(25,26)23-12-9-16(10-13-23)24-19(14-27-2)22-18-4-3-11-21-20(18)24/h3-8,11,16H,9-10,12-14H2,1-2H3. The van der Waals surface area contributed by atoms with Crippen molar-refractivity contribution < 1.29 is 13.2 Å². The third-order valence-electron chi connectivity index (χ3n) is 5.24. The number of aromatic nitrogens is 3. The third-order valence-corrected chi connectivity index (χ3v) is 7.16. The number of sulfonamides is 1. The molecule has 1 aromatic carbocycles. The fraction of sp³-hybridized carbons (Fsp3) is 0.400. The molecule has 0 saturated carbocycles. The molecule has 28 heavy (non-hydrogen) atoms. The summed E-state index contributed by atoms with van der Waals surface area (Å²) in [7, 11) is -1.82. The SMILES string of the molecule is COCc1nc2cccnc2n1C1CCN(S(=O)(=O)c2ccc(C)cc2)CC1. The number of nitrogens with zero attached hydrogens (tertiary/aromatic N) is 4. The van der Waals surface area contributed by atoms with E-state index in [1.54, 1.807) is 29.7 Å². The Labute approximate surface area is 165 Å². The predicted octanol–water partition coefficient (Wildman–Crippen LogP) is 2.91. The molecule has 0 spiro atoms. The van der Waals surface area contributed by atoms with Gasteiger partial charge in [-0.25, -0.2) is 18.4 Å². The minimum absolute atomic E-state index is 0.148. The Morgan fingerprint density at radius 1 is 1.14 bits per heavy atom. The lowest BCUT2D eigenvalue weighted by atomic mass is 10.1. The van der Waals surface area contributed by atoms with Crippen molar-refractivity contribution in [3.05, 3.63) is 54.0 Å². The number of hydrogen-bond donors (Lipinski definition) is 0. The smallest absolute Gasteiger partial charge is 0.243 e. The summed E-state index contributed by atoms with van der Waals surface area (Å²) in [5.74, 6) is 0.830. The first-order valence-corrected chi connectivity index (χ1v) is 10.8. The van der Waals surface area contributed by atoms with E-state index in [1.165, 1.54) is 0 Å². The number of rotatable bonds is 5. The minimum atomic E-state index is -3.47. The molecule has 148 valence electrons. The molecule has 3 aromatic rings. The van der Waals surface area contributed by atoms with E-state index in [4.69, 9.17) is 4.74 Å². The van der Waals surface area contributed by atoms with Gasteiger partial charge in [-0.1, -0.05) is 17.7 Å². The van der Waals surface area contributed by atoms with Gasteiger partial charge in [0.15, 0.2) is 5.65 Å². The highest BCUT2D eigenvalue weighted by molar-refractivity contribution is 7.89. The van der Waals surface area contributed by atoms with E-state index in [9.17, 15) is 8.42 Å². The second-order valence-electron chi connectivity index (χ2n) is 7.13. The van der Waals surface area contributed by atoms with Crippen molar-refractivity contribution in [1.82, 2.24) is 18.8 Å². The van der Waals surface area contributed by atoms with Gasteiger partial charge in [-0.2, -0.15) is 4.31 Å². The summed E-state index contributed by atoms with van der Waals surface area (Å²) < 4.78 is 34.9. The van der Waals surface area contributed by atoms with Crippen LogP contribution in [-0.4, -0.2) is 47.5 Å².